The second-order valence-electron chi connectivity index (χ2n) is 6.37. The van der Waals surface area contributed by atoms with Gasteiger partial charge in [0.25, 0.3) is 0 Å². The molecule has 0 saturated carbocycles. The summed E-state index contributed by atoms with van der Waals surface area (Å²) in [6.45, 7) is 0. The number of hydrogen-bond donors (Lipinski definition) is 1. The minimum Gasteiger partial charge on any atom is -0.497 e. The predicted octanol–water partition coefficient (Wildman–Crippen LogP) is 4.72. The van der Waals surface area contributed by atoms with Gasteiger partial charge >= 0.3 is 0 Å². The fraction of sp³-hybridized carbons (Fsp3) is 0.150. The first kappa shape index (κ1) is 19.0. The minimum atomic E-state index is -3.78. The van der Waals surface area contributed by atoms with Gasteiger partial charge in [-0.1, -0.05) is 23.7 Å². The molecule has 0 fully saturated rings. The van der Waals surface area contributed by atoms with Gasteiger partial charge in [-0.3, -0.25) is 4.79 Å². The minimum absolute atomic E-state index is 0.115. The molecule has 1 aliphatic rings. The maximum atomic E-state index is 13.2. The third kappa shape index (κ3) is 3.30. The monoisotopic (exact) mass is 433 g/mol. The van der Waals surface area contributed by atoms with Crippen molar-refractivity contribution in [1.29, 1.82) is 0 Å². The van der Waals surface area contributed by atoms with Crippen molar-refractivity contribution in [2.45, 2.75) is 22.1 Å². The van der Waals surface area contributed by atoms with Crippen molar-refractivity contribution in [3.05, 3.63) is 69.4 Å². The Kier molecular flexibility index (Phi) is 4.91. The SMILES string of the molecule is COc1ccc(S(=O)(=O)c2csc3c2NC(=O)C[C@@H]3c2ccc(Cl)cc2)cc1. The quantitative estimate of drug-likeness (QED) is 0.646. The van der Waals surface area contributed by atoms with E-state index < -0.39 is 9.84 Å². The van der Waals surface area contributed by atoms with Crippen molar-refractivity contribution in [2.75, 3.05) is 12.4 Å². The van der Waals surface area contributed by atoms with Crippen LogP contribution in [0.1, 0.15) is 22.8 Å². The Morgan fingerprint density at radius 1 is 1.11 bits per heavy atom. The molecular formula is C20H16ClNO4S2. The molecule has 1 amide bonds. The van der Waals surface area contributed by atoms with Crippen LogP contribution >= 0.6 is 22.9 Å². The third-order valence-corrected chi connectivity index (χ3v) is 7.98. The van der Waals surface area contributed by atoms with E-state index in [0.717, 1.165) is 10.4 Å². The highest BCUT2D eigenvalue weighted by atomic mass is 35.5. The number of anilines is 1. The number of sulfone groups is 1. The van der Waals surface area contributed by atoms with E-state index >= 15 is 0 Å². The Balaban J connectivity index is 1.79. The fourth-order valence-corrected chi connectivity index (χ4v) is 6.28. The normalized spacial score (nSPS) is 16.4. The molecular weight excluding hydrogens is 418 g/mol. The lowest BCUT2D eigenvalue weighted by Gasteiger charge is -2.23. The summed E-state index contributed by atoms with van der Waals surface area (Å²) < 4.78 is 31.4. The zero-order chi connectivity index (χ0) is 19.9. The molecule has 1 aliphatic heterocycles. The smallest absolute Gasteiger partial charge is 0.225 e. The van der Waals surface area contributed by atoms with E-state index in [-0.39, 0.29) is 28.0 Å². The molecule has 2 heterocycles. The lowest BCUT2D eigenvalue weighted by molar-refractivity contribution is -0.116. The summed E-state index contributed by atoms with van der Waals surface area (Å²) in [6.07, 6.45) is 0.261. The van der Waals surface area contributed by atoms with Gasteiger partial charge in [0.05, 0.1) is 17.7 Å². The molecule has 1 aromatic heterocycles. The Hall–Kier alpha value is -2.35. The third-order valence-electron chi connectivity index (χ3n) is 4.69. The van der Waals surface area contributed by atoms with Crippen molar-refractivity contribution in [3.63, 3.8) is 0 Å². The van der Waals surface area contributed by atoms with Crippen LogP contribution < -0.4 is 10.1 Å². The molecule has 0 spiro atoms. The molecule has 1 N–H and O–H groups in total. The molecule has 2 aromatic carbocycles. The number of amides is 1. The number of nitrogens with one attached hydrogen (secondary N) is 1. The molecule has 28 heavy (non-hydrogen) atoms. The second kappa shape index (κ2) is 7.24. The molecule has 0 bridgehead atoms. The van der Waals surface area contributed by atoms with Gasteiger partial charge in [0, 0.05) is 27.6 Å². The summed E-state index contributed by atoms with van der Waals surface area (Å²) in [4.78, 5) is 13.4. The number of methoxy groups -OCH3 is 1. The number of fused-ring (bicyclic) bond motifs is 1. The first-order valence-corrected chi connectivity index (χ1v) is 11.2. The van der Waals surface area contributed by atoms with Crippen molar-refractivity contribution in [1.82, 2.24) is 0 Å². The van der Waals surface area contributed by atoms with Gasteiger partial charge in [0.2, 0.25) is 15.7 Å². The van der Waals surface area contributed by atoms with Crippen LogP contribution in [0.4, 0.5) is 5.69 Å². The van der Waals surface area contributed by atoms with Crippen LogP contribution in [0.15, 0.2) is 63.7 Å². The van der Waals surface area contributed by atoms with Gasteiger partial charge in [-0.25, -0.2) is 8.42 Å². The molecule has 0 radical (unpaired) electrons. The zero-order valence-corrected chi connectivity index (χ0v) is 17.2. The summed E-state index contributed by atoms with van der Waals surface area (Å²) in [6, 6.07) is 13.5. The first-order valence-electron chi connectivity index (χ1n) is 8.46. The average molecular weight is 434 g/mol. The maximum absolute atomic E-state index is 13.2. The highest BCUT2D eigenvalue weighted by molar-refractivity contribution is 7.91. The van der Waals surface area contributed by atoms with Gasteiger partial charge in [0.1, 0.15) is 10.6 Å². The summed E-state index contributed by atoms with van der Waals surface area (Å²) >= 11 is 7.31. The van der Waals surface area contributed by atoms with Crippen LogP contribution in [-0.4, -0.2) is 21.4 Å². The Morgan fingerprint density at radius 3 is 2.43 bits per heavy atom. The summed E-state index contributed by atoms with van der Waals surface area (Å²) in [5, 5.41) is 4.97. The van der Waals surface area contributed by atoms with Gasteiger partial charge < -0.3 is 10.1 Å². The molecule has 1 atom stereocenters. The Morgan fingerprint density at radius 2 is 1.79 bits per heavy atom. The van der Waals surface area contributed by atoms with Gasteiger partial charge in [-0.15, -0.1) is 11.3 Å². The van der Waals surface area contributed by atoms with Crippen molar-refractivity contribution < 1.29 is 17.9 Å². The molecule has 3 aromatic rings. The lowest BCUT2D eigenvalue weighted by atomic mass is 9.91. The summed E-state index contributed by atoms with van der Waals surface area (Å²) in [5.74, 6) is 0.158. The largest absolute Gasteiger partial charge is 0.497 e. The van der Waals surface area contributed by atoms with E-state index in [9.17, 15) is 13.2 Å². The zero-order valence-electron chi connectivity index (χ0n) is 14.8. The van der Waals surface area contributed by atoms with Crippen LogP contribution in [0.25, 0.3) is 0 Å². The van der Waals surface area contributed by atoms with Crippen LogP contribution in [0.5, 0.6) is 5.75 Å². The number of ether oxygens (including phenoxy) is 1. The fourth-order valence-electron chi connectivity index (χ4n) is 3.25. The van der Waals surface area contributed by atoms with E-state index in [1.54, 1.807) is 29.6 Å². The number of halogens is 1. The maximum Gasteiger partial charge on any atom is 0.225 e. The number of hydrogen-bond acceptors (Lipinski definition) is 5. The molecule has 5 nitrogen and oxygen atoms in total. The molecule has 0 aliphatic carbocycles. The van der Waals surface area contributed by atoms with E-state index in [1.165, 1.54) is 30.6 Å². The standard InChI is InChI=1S/C20H16ClNO4S2/c1-26-14-6-8-15(9-7-14)28(24,25)17-11-27-20-16(10-18(23)22-19(17)20)12-2-4-13(21)5-3-12/h2-9,11,16H,10H2,1H3,(H,22,23)/t16-/m1/s1. The second-order valence-corrected chi connectivity index (χ2v) is 9.64. The summed E-state index contributed by atoms with van der Waals surface area (Å²) in [7, 11) is -2.26. The lowest BCUT2D eigenvalue weighted by Crippen LogP contribution is -2.23. The molecule has 0 unspecified atom stereocenters. The average Bonchev–Trinajstić information content (AvgIpc) is 3.12. The van der Waals surface area contributed by atoms with E-state index in [2.05, 4.69) is 5.32 Å². The topological polar surface area (TPSA) is 72.5 Å². The van der Waals surface area contributed by atoms with Gasteiger partial charge in [-0.2, -0.15) is 0 Å². The number of carbonyl (C=O) groups is 1. The number of rotatable bonds is 4. The molecule has 8 heteroatoms. The van der Waals surface area contributed by atoms with E-state index in [4.69, 9.17) is 16.3 Å². The predicted molar refractivity (Wildman–Crippen MR) is 109 cm³/mol. The van der Waals surface area contributed by atoms with E-state index in [0.29, 0.717) is 16.5 Å². The van der Waals surface area contributed by atoms with Crippen LogP contribution in [-0.2, 0) is 14.6 Å². The number of carbonyl (C=O) groups excluding carboxylic acids is 1. The highest BCUT2D eigenvalue weighted by Gasteiger charge is 2.34. The van der Waals surface area contributed by atoms with Crippen molar-refractivity contribution >= 4 is 44.4 Å². The first-order chi connectivity index (χ1) is 13.4. The molecule has 144 valence electrons. The van der Waals surface area contributed by atoms with Crippen LogP contribution in [0, 0.1) is 0 Å². The van der Waals surface area contributed by atoms with Gasteiger partial charge in [0.15, 0.2) is 0 Å². The van der Waals surface area contributed by atoms with Crippen LogP contribution in [0.3, 0.4) is 0 Å². The van der Waals surface area contributed by atoms with E-state index in [1.807, 2.05) is 12.1 Å². The van der Waals surface area contributed by atoms with Crippen LogP contribution in [0.2, 0.25) is 5.02 Å². The van der Waals surface area contributed by atoms with Gasteiger partial charge in [-0.05, 0) is 42.0 Å². The highest BCUT2D eigenvalue weighted by Crippen LogP contribution is 2.46. The number of thiophene rings is 1. The molecule has 0 saturated heterocycles. The number of benzene rings is 2. The summed E-state index contributed by atoms with van der Waals surface area (Å²) in [5.41, 5.74) is 1.30. The Bertz CT molecular complexity index is 1140. The Labute approximate surface area is 171 Å². The van der Waals surface area contributed by atoms with Crippen molar-refractivity contribution in [3.8, 4) is 5.75 Å². The molecule has 4 rings (SSSR count). The van der Waals surface area contributed by atoms with Crippen molar-refractivity contribution in [2.24, 2.45) is 0 Å².